The number of ether oxygens (including phenoxy) is 2. The molecular formula is C12H18O4. The Kier molecular flexibility index (Phi) is 4.10. The molecule has 4 nitrogen and oxygen atoms in total. The van der Waals surface area contributed by atoms with Crippen LogP contribution in [0.15, 0.2) is 11.1 Å². The highest BCUT2D eigenvalue weighted by atomic mass is 16.5. The van der Waals surface area contributed by atoms with E-state index in [-0.39, 0.29) is 11.8 Å². The van der Waals surface area contributed by atoms with Crippen LogP contribution in [0.25, 0.3) is 0 Å². The molecule has 0 fully saturated rings. The van der Waals surface area contributed by atoms with Crippen LogP contribution >= 0.6 is 0 Å². The molecule has 0 N–H and O–H groups in total. The average molecular weight is 226 g/mol. The van der Waals surface area contributed by atoms with E-state index in [0.29, 0.717) is 11.1 Å². The molecule has 1 aliphatic rings. The predicted octanol–water partition coefficient (Wildman–Crippen LogP) is 1.69. The van der Waals surface area contributed by atoms with E-state index in [9.17, 15) is 9.59 Å². The van der Waals surface area contributed by atoms with Gasteiger partial charge < -0.3 is 9.47 Å². The summed E-state index contributed by atoms with van der Waals surface area (Å²) in [4.78, 5) is 23.3. The molecule has 0 saturated carbocycles. The first-order valence-corrected chi connectivity index (χ1v) is 5.43. The average Bonchev–Trinajstić information content (AvgIpc) is 2.29. The molecule has 0 aromatic rings. The van der Waals surface area contributed by atoms with Crippen molar-refractivity contribution in [1.82, 2.24) is 0 Å². The number of carbonyl (C=O) groups is 2. The summed E-state index contributed by atoms with van der Waals surface area (Å²) in [5.74, 6) is -0.727. The Bertz CT molecular complexity index is 298. The molecule has 0 heterocycles. The molecule has 0 bridgehead atoms. The van der Waals surface area contributed by atoms with E-state index in [1.807, 2.05) is 13.8 Å². The van der Waals surface area contributed by atoms with Crippen molar-refractivity contribution < 1.29 is 19.1 Å². The fraction of sp³-hybridized carbons (Fsp3) is 0.667. The first kappa shape index (κ1) is 12.7. The highest BCUT2D eigenvalue weighted by Crippen LogP contribution is 2.35. The first-order valence-electron chi connectivity index (χ1n) is 5.43. The Morgan fingerprint density at radius 3 is 1.50 bits per heavy atom. The minimum absolute atomic E-state index is 0.0535. The summed E-state index contributed by atoms with van der Waals surface area (Å²) in [6.07, 6.45) is 1.79. The highest BCUT2D eigenvalue weighted by Gasteiger charge is 2.34. The van der Waals surface area contributed by atoms with Gasteiger partial charge in [0.25, 0.3) is 0 Å². The van der Waals surface area contributed by atoms with Gasteiger partial charge >= 0.3 is 11.9 Å². The Balaban J connectivity index is 3.23. The number of carbonyl (C=O) groups excluding carboxylic acids is 2. The zero-order chi connectivity index (χ0) is 12.3. The molecular weight excluding hydrogens is 208 g/mol. The summed E-state index contributed by atoms with van der Waals surface area (Å²) >= 11 is 0. The maximum absolute atomic E-state index is 11.7. The van der Waals surface area contributed by atoms with Crippen LogP contribution in [0.2, 0.25) is 0 Å². The monoisotopic (exact) mass is 226 g/mol. The molecule has 0 amide bonds. The van der Waals surface area contributed by atoms with Gasteiger partial charge in [0.1, 0.15) is 0 Å². The normalized spacial score (nSPS) is 25.2. The van der Waals surface area contributed by atoms with Crippen LogP contribution in [0.5, 0.6) is 0 Å². The molecule has 0 aromatic carbocycles. The lowest BCUT2D eigenvalue weighted by Gasteiger charge is -2.27. The minimum atomic E-state index is -0.417. The second kappa shape index (κ2) is 5.14. The molecule has 90 valence electrons. The fourth-order valence-corrected chi connectivity index (χ4v) is 2.16. The summed E-state index contributed by atoms with van der Waals surface area (Å²) in [5, 5.41) is 0. The molecule has 0 saturated heterocycles. The Labute approximate surface area is 95.6 Å². The van der Waals surface area contributed by atoms with E-state index in [1.165, 1.54) is 14.2 Å². The van der Waals surface area contributed by atoms with Crippen LogP contribution in [0.1, 0.15) is 26.7 Å². The molecule has 2 atom stereocenters. The molecule has 0 aliphatic heterocycles. The third-order valence-corrected chi connectivity index (χ3v) is 3.12. The van der Waals surface area contributed by atoms with E-state index in [2.05, 4.69) is 0 Å². The Morgan fingerprint density at radius 2 is 1.25 bits per heavy atom. The van der Waals surface area contributed by atoms with Gasteiger partial charge in [-0.1, -0.05) is 13.8 Å². The summed E-state index contributed by atoms with van der Waals surface area (Å²) in [6, 6.07) is 0. The molecule has 16 heavy (non-hydrogen) atoms. The SMILES string of the molecule is COC(=O)C1=C(C(=O)OC)C(C)CCC1C. The largest absolute Gasteiger partial charge is 0.466 e. The summed E-state index contributed by atoms with van der Waals surface area (Å²) in [6.45, 7) is 3.86. The summed E-state index contributed by atoms with van der Waals surface area (Å²) in [7, 11) is 2.66. The van der Waals surface area contributed by atoms with Crippen molar-refractivity contribution in [1.29, 1.82) is 0 Å². The van der Waals surface area contributed by atoms with Crippen LogP contribution in [0.4, 0.5) is 0 Å². The van der Waals surface area contributed by atoms with Gasteiger partial charge in [-0.25, -0.2) is 9.59 Å². The van der Waals surface area contributed by atoms with Gasteiger partial charge in [0.2, 0.25) is 0 Å². The zero-order valence-corrected chi connectivity index (χ0v) is 10.2. The molecule has 4 heteroatoms. The lowest BCUT2D eigenvalue weighted by Crippen LogP contribution is -2.27. The first-order chi connectivity index (χ1) is 7.52. The van der Waals surface area contributed by atoms with Crippen LogP contribution in [0, 0.1) is 11.8 Å². The quantitative estimate of drug-likeness (QED) is 0.672. The fourth-order valence-electron chi connectivity index (χ4n) is 2.16. The minimum Gasteiger partial charge on any atom is -0.466 e. The van der Waals surface area contributed by atoms with E-state index >= 15 is 0 Å². The third kappa shape index (κ3) is 2.26. The summed E-state index contributed by atoms with van der Waals surface area (Å²) in [5.41, 5.74) is 0.959. The van der Waals surface area contributed by atoms with Crippen molar-refractivity contribution in [3.8, 4) is 0 Å². The topological polar surface area (TPSA) is 52.6 Å². The van der Waals surface area contributed by atoms with Gasteiger partial charge in [-0.2, -0.15) is 0 Å². The predicted molar refractivity (Wildman–Crippen MR) is 58.6 cm³/mol. The zero-order valence-electron chi connectivity index (χ0n) is 10.2. The second-order valence-electron chi connectivity index (χ2n) is 4.19. The van der Waals surface area contributed by atoms with Gasteiger partial charge in [0.05, 0.1) is 25.4 Å². The van der Waals surface area contributed by atoms with Crippen LogP contribution in [-0.2, 0) is 19.1 Å². The van der Waals surface area contributed by atoms with Gasteiger partial charge in [-0.05, 0) is 24.7 Å². The van der Waals surface area contributed by atoms with Crippen molar-refractivity contribution in [3.05, 3.63) is 11.1 Å². The van der Waals surface area contributed by atoms with Crippen molar-refractivity contribution >= 4 is 11.9 Å². The van der Waals surface area contributed by atoms with Gasteiger partial charge in [-0.3, -0.25) is 0 Å². The Hall–Kier alpha value is -1.32. The maximum Gasteiger partial charge on any atom is 0.334 e. The number of hydrogen-bond acceptors (Lipinski definition) is 4. The van der Waals surface area contributed by atoms with Crippen molar-refractivity contribution in [2.75, 3.05) is 14.2 Å². The van der Waals surface area contributed by atoms with E-state index in [0.717, 1.165) is 12.8 Å². The smallest absolute Gasteiger partial charge is 0.334 e. The molecule has 0 aromatic heterocycles. The number of hydrogen-bond donors (Lipinski definition) is 0. The molecule has 1 aliphatic carbocycles. The standard InChI is InChI=1S/C12H18O4/c1-7-5-6-8(2)10(12(14)16-4)9(7)11(13)15-3/h7-8H,5-6H2,1-4H3. The van der Waals surface area contributed by atoms with Gasteiger partial charge in [0.15, 0.2) is 0 Å². The molecule has 2 unspecified atom stereocenters. The lowest BCUT2D eigenvalue weighted by molar-refractivity contribution is -0.140. The molecule has 1 rings (SSSR count). The van der Waals surface area contributed by atoms with Crippen LogP contribution in [0.3, 0.4) is 0 Å². The van der Waals surface area contributed by atoms with Gasteiger partial charge in [-0.15, -0.1) is 0 Å². The van der Waals surface area contributed by atoms with Crippen molar-refractivity contribution in [2.45, 2.75) is 26.7 Å². The van der Waals surface area contributed by atoms with Crippen LogP contribution < -0.4 is 0 Å². The maximum atomic E-state index is 11.7. The van der Waals surface area contributed by atoms with E-state index in [4.69, 9.17) is 9.47 Å². The lowest BCUT2D eigenvalue weighted by atomic mass is 9.78. The van der Waals surface area contributed by atoms with E-state index < -0.39 is 11.9 Å². The summed E-state index contributed by atoms with van der Waals surface area (Å²) < 4.78 is 9.46. The second-order valence-corrected chi connectivity index (χ2v) is 4.19. The van der Waals surface area contributed by atoms with Gasteiger partial charge in [0, 0.05) is 0 Å². The number of esters is 2. The third-order valence-electron chi connectivity index (χ3n) is 3.12. The number of rotatable bonds is 2. The van der Waals surface area contributed by atoms with Crippen LogP contribution in [-0.4, -0.2) is 26.2 Å². The van der Waals surface area contributed by atoms with E-state index in [1.54, 1.807) is 0 Å². The molecule has 0 spiro atoms. The number of methoxy groups -OCH3 is 2. The molecule has 0 radical (unpaired) electrons. The van der Waals surface area contributed by atoms with Crippen molar-refractivity contribution in [3.63, 3.8) is 0 Å². The highest BCUT2D eigenvalue weighted by molar-refractivity contribution is 6.01. The Morgan fingerprint density at radius 1 is 0.938 bits per heavy atom. The van der Waals surface area contributed by atoms with Crippen molar-refractivity contribution in [2.24, 2.45) is 11.8 Å².